The predicted octanol–water partition coefficient (Wildman–Crippen LogP) is 1.46. The van der Waals surface area contributed by atoms with Crippen molar-refractivity contribution in [3.05, 3.63) is 35.4 Å². The molecule has 0 spiro atoms. The molecule has 1 atom stereocenters. The molecule has 1 saturated heterocycles. The summed E-state index contributed by atoms with van der Waals surface area (Å²) in [7, 11) is 0. The van der Waals surface area contributed by atoms with Crippen molar-refractivity contribution in [1.82, 2.24) is 15.5 Å². The molecule has 122 valence electrons. The molecule has 2 aliphatic rings. The van der Waals surface area contributed by atoms with Crippen LogP contribution < -0.4 is 10.6 Å². The summed E-state index contributed by atoms with van der Waals surface area (Å²) in [5.41, 5.74) is 2.53. The Morgan fingerprint density at radius 1 is 1.32 bits per heavy atom. The van der Waals surface area contributed by atoms with E-state index in [1.807, 2.05) is 6.07 Å². The number of carbonyl (C=O) groups excluding carboxylic acids is 1. The van der Waals surface area contributed by atoms with Gasteiger partial charge >= 0.3 is 0 Å². The SMILES string of the molecule is Cl.O=C(NCCN1CCNCC1)C1SCCc2ccccc21. The second kappa shape index (κ2) is 8.77. The lowest BCUT2D eigenvalue weighted by atomic mass is 10.0. The Morgan fingerprint density at radius 2 is 2.09 bits per heavy atom. The maximum Gasteiger partial charge on any atom is 0.237 e. The molecule has 0 aliphatic carbocycles. The van der Waals surface area contributed by atoms with Crippen molar-refractivity contribution in [2.45, 2.75) is 11.7 Å². The van der Waals surface area contributed by atoms with Gasteiger partial charge < -0.3 is 10.6 Å². The fraction of sp³-hybridized carbons (Fsp3) is 0.562. The molecule has 4 nitrogen and oxygen atoms in total. The number of rotatable bonds is 4. The summed E-state index contributed by atoms with van der Waals surface area (Å²) < 4.78 is 0. The topological polar surface area (TPSA) is 44.4 Å². The van der Waals surface area contributed by atoms with Gasteiger partial charge in [0, 0.05) is 39.3 Å². The summed E-state index contributed by atoms with van der Waals surface area (Å²) in [5.74, 6) is 1.20. The van der Waals surface area contributed by atoms with Gasteiger partial charge in [-0.1, -0.05) is 24.3 Å². The third-order valence-electron chi connectivity index (χ3n) is 4.17. The molecule has 0 saturated carbocycles. The van der Waals surface area contributed by atoms with Crippen molar-refractivity contribution in [3.8, 4) is 0 Å². The molecule has 1 aromatic carbocycles. The average Bonchev–Trinajstić information content (AvgIpc) is 2.55. The minimum atomic E-state index is -0.0297. The fourth-order valence-electron chi connectivity index (χ4n) is 2.98. The smallest absolute Gasteiger partial charge is 0.237 e. The highest BCUT2D eigenvalue weighted by Gasteiger charge is 2.26. The van der Waals surface area contributed by atoms with Crippen LogP contribution in [0.1, 0.15) is 16.4 Å². The van der Waals surface area contributed by atoms with Gasteiger partial charge in [-0.25, -0.2) is 0 Å². The van der Waals surface area contributed by atoms with Gasteiger partial charge in [0.25, 0.3) is 0 Å². The summed E-state index contributed by atoms with van der Waals surface area (Å²) in [6, 6.07) is 8.35. The second-order valence-electron chi connectivity index (χ2n) is 5.58. The maximum absolute atomic E-state index is 12.4. The molecule has 0 radical (unpaired) electrons. The molecule has 2 aliphatic heterocycles. The highest BCUT2D eigenvalue weighted by Crippen LogP contribution is 2.36. The standard InChI is InChI=1S/C16H23N3OS.ClH/c20-16(18-8-11-19-9-6-17-7-10-19)15-14-4-2-1-3-13(14)5-12-21-15;/h1-4,15,17H,5-12H2,(H,18,20);1H. The van der Waals surface area contributed by atoms with E-state index in [1.165, 1.54) is 11.1 Å². The molecule has 0 aromatic heterocycles. The van der Waals surface area contributed by atoms with Crippen LogP contribution in [-0.4, -0.2) is 55.8 Å². The number of halogens is 1. The third kappa shape index (κ3) is 4.38. The van der Waals surface area contributed by atoms with Gasteiger partial charge in [0.15, 0.2) is 0 Å². The molecule has 6 heteroatoms. The van der Waals surface area contributed by atoms with E-state index in [9.17, 15) is 4.79 Å². The zero-order valence-corrected chi connectivity index (χ0v) is 14.3. The summed E-state index contributed by atoms with van der Waals surface area (Å²) in [6.07, 6.45) is 1.07. The van der Waals surface area contributed by atoms with Crippen LogP contribution in [0, 0.1) is 0 Å². The largest absolute Gasteiger partial charge is 0.354 e. The van der Waals surface area contributed by atoms with Crippen LogP contribution >= 0.6 is 24.2 Å². The van der Waals surface area contributed by atoms with Gasteiger partial charge in [-0.2, -0.15) is 0 Å². The lowest BCUT2D eigenvalue weighted by Gasteiger charge is -2.28. The first-order valence-corrected chi connectivity index (χ1v) is 8.79. The molecule has 1 unspecified atom stereocenters. The number of nitrogens with zero attached hydrogens (tertiary/aromatic N) is 1. The molecule has 3 rings (SSSR count). The van der Waals surface area contributed by atoms with E-state index >= 15 is 0 Å². The van der Waals surface area contributed by atoms with E-state index in [1.54, 1.807) is 11.8 Å². The molecular formula is C16H24ClN3OS. The summed E-state index contributed by atoms with van der Waals surface area (Å²) in [5, 5.41) is 6.43. The Hall–Kier alpha value is -0.750. The van der Waals surface area contributed by atoms with E-state index in [0.717, 1.165) is 51.4 Å². The highest BCUT2D eigenvalue weighted by molar-refractivity contribution is 8.00. The lowest BCUT2D eigenvalue weighted by molar-refractivity contribution is -0.120. The summed E-state index contributed by atoms with van der Waals surface area (Å²) in [6.45, 7) is 5.97. The number of thioether (sulfide) groups is 1. The van der Waals surface area contributed by atoms with E-state index in [-0.39, 0.29) is 23.6 Å². The average molecular weight is 342 g/mol. The first kappa shape index (κ1) is 17.6. The van der Waals surface area contributed by atoms with E-state index < -0.39 is 0 Å². The van der Waals surface area contributed by atoms with Crippen LogP contribution in [0.4, 0.5) is 0 Å². The number of aryl methyl sites for hydroxylation is 1. The maximum atomic E-state index is 12.4. The Kier molecular flexibility index (Phi) is 7.02. The lowest BCUT2D eigenvalue weighted by Crippen LogP contribution is -2.46. The van der Waals surface area contributed by atoms with Gasteiger partial charge in [-0.15, -0.1) is 24.2 Å². The molecule has 22 heavy (non-hydrogen) atoms. The van der Waals surface area contributed by atoms with Crippen LogP contribution in [-0.2, 0) is 11.2 Å². The number of nitrogens with one attached hydrogen (secondary N) is 2. The van der Waals surface area contributed by atoms with Gasteiger partial charge in [0.05, 0.1) is 0 Å². The molecule has 2 heterocycles. The molecule has 2 N–H and O–H groups in total. The van der Waals surface area contributed by atoms with Crippen LogP contribution in [0.25, 0.3) is 0 Å². The normalized spacial score (nSPS) is 21.5. The van der Waals surface area contributed by atoms with Gasteiger partial charge in [0.2, 0.25) is 5.91 Å². The summed E-state index contributed by atoms with van der Waals surface area (Å²) in [4.78, 5) is 14.8. The zero-order valence-electron chi connectivity index (χ0n) is 12.7. The zero-order chi connectivity index (χ0) is 14.5. The monoisotopic (exact) mass is 341 g/mol. The van der Waals surface area contributed by atoms with Crippen molar-refractivity contribution in [1.29, 1.82) is 0 Å². The number of benzene rings is 1. The Bertz CT molecular complexity index is 494. The van der Waals surface area contributed by atoms with Crippen molar-refractivity contribution >= 4 is 30.1 Å². The van der Waals surface area contributed by atoms with Crippen LogP contribution in [0.15, 0.2) is 24.3 Å². The van der Waals surface area contributed by atoms with E-state index in [4.69, 9.17) is 0 Å². The van der Waals surface area contributed by atoms with Gasteiger partial charge in [-0.3, -0.25) is 9.69 Å². The van der Waals surface area contributed by atoms with Gasteiger partial charge in [0.1, 0.15) is 5.25 Å². The molecule has 0 bridgehead atoms. The minimum Gasteiger partial charge on any atom is -0.354 e. The van der Waals surface area contributed by atoms with E-state index in [0.29, 0.717) is 0 Å². The second-order valence-corrected chi connectivity index (χ2v) is 6.80. The first-order valence-electron chi connectivity index (χ1n) is 7.75. The van der Waals surface area contributed by atoms with Crippen molar-refractivity contribution < 1.29 is 4.79 Å². The minimum absolute atomic E-state index is 0. The van der Waals surface area contributed by atoms with Crippen LogP contribution in [0.3, 0.4) is 0 Å². The van der Waals surface area contributed by atoms with E-state index in [2.05, 4.69) is 33.7 Å². The van der Waals surface area contributed by atoms with Crippen molar-refractivity contribution in [3.63, 3.8) is 0 Å². The molecule has 1 fully saturated rings. The number of amides is 1. The quantitative estimate of drug-likeness (QED) is 0.870. The van der Waals surface area contributed by atoms with Crippen LogP contribution in [0.2, 0.25) is 0 Å². The highest BCUT2D eigenvalue weighted by atomic mass is 35.5. The Balaban J connectivity index is 0.00000176. The third-order valence-corrected chi connectivity index (χ3v) is 5.41. The predicted molar refractivity (Wildman–Crippen MR) is 94.9 cm³/mol. The first-order chi connectivity index (χ1) is 10.3. The number of carbonyl (C=O) groups is 1. The Morgan fingerprint density at radius 3 is 2.91 bits per heavy atom. The summed E-state index contributed by atoms with van der Waals surface area (Å²) >= 11 is 1.76. The van der Waals surface area contributed by atoms with Crippen molar-refractivity contribution in [2.24, 2.45) is 0 Å². The number of hydrogen-bond donors (Lipinski definition) is 2. The van der Waals surface area contributed by atoms with Gasteiger partial charge in [-0.05, 0) is 23.3 Å². The van der Waals surface area contributed by atoms with Crippen molar-refractivity contribution in [2.75, 3.05) is 45.0 Å². The number of fused-ring (bicyclic) bond motifs is 1. The van der Waals surface area contributed by atoms with Crippen LogP contribution in [0.5, 0.6) is 0 Å². The molecule has 1 aromatic rings. The Labute approximate surface area is 142 Å². The molecular weight excluding hydrogens is 318 g/mol. The fourth-order valence-corrected chi connectivity index (χ4v) is 4.19. The number of hydrogen-bond acceptors (Lipinski definition) is 4. The molecule has 1 amide bonds. The number of piperazine rings is 1.